The Hall–Kier alpha value is -2.89. The van der Waals surface area contributed by atoms with E-state index < -0.39 is 10.8 Å². The highest BCUT2D eigenvalue weighted by molar-refractivity contribution is 6.04. The maximum atomic E-state index is 12.3. The number of anilines is 1. The summed E-state index contributed by atoms with van der Waals surface area (Å²) >= 11 is 0. The van der Waals surface area contributed by atoms with Crippen molar-refractivity contribution in [2.45, 2.75) is 26.2 Å². The Morgan fingerprint density at radius 2 is 1.92 bits per heavy atom. The topological polar surface area (TPSA) is 81.5 Å². The Morgan fingerprint density at radius 3 is 2.46 bits per heavy atom. The van der Waals surface area contributed by atoms with E-state index in [-0.39, 0.29) is 17.0 Å². The van der Waals surface area contributed by atoms with Crippen LogP contribution in [0, 0.1) is 10.1 Å². The normalized spacial score (nSPS) is 11.6. The molecule has 6 nitrogen and oxygen atoms in total. The van der Waals surface area contributed by atoms with Gasteiger partial charge in [0.2, 0.25) is 0 Å². The Morgan fingerprint density at radius 1 is 1.25 bits per heavy atom. The lowest BCUT2D eigenvalue weighted by molar-refractivity contribution is -0.385. The van der Waals surface area contributed by atoms with Gasteiger partial charge < -0.3 is 10.1 Å². The molecule has 2 aromatic rings. The largest absolute Gasteiger partial charge is 0.490 e. The first-order valence-electron chi connectivity index (χ1n) is 7.70. The molecule has 0 spiro atoms. The van der Waals surface area contributed by atoms with Crippen LogP contribution in [-0.4, -0.2) is 17.9 Å². The molecule has 0 fully saturated rings. The standard InChI is InChI=1S/C18H20N2O4/c1-4-12(2)13-5-8-15(9-6-13)19-18(21)14-7-10-17(24-3)16(11-14)20(22)23/h5-12H,4H2,1-3H3,(H,19,21). The van der Waals surface area contributed by atoms with Gasteiger partial charge in [-0.25, -0.2) is 0 Å². The zero-order valence-corrected chi connectivity index (χ0v) is 13.9. The fourth-order valence-corrected chi connectivity index (χ4v) is 2.31. The van der Waals surface area contributed by atoms with Crippen LogP contribution in [0.25, 0.3) is 0 Å². The summed E-state index contributed by atoms with van der Waals surface area (Å²) < 4.78 is 4.93. The number of nitro benzene ring substituents is 1. The third kappa shape index (κ3) is 3.90. The lowest BCUT2D eigenvalue weighted by Crippen LogP contribution is -2.12. The number of nitrogens with one attached hydrogen (secondary N) is 1. The molecule has 0 bridgehead atoms. The van der Waals surface area contributed by atoms with E-state index in [1.165, 1.54) is 30.9 Å². The third-order valence-electron chi connectivity index (χ3n) is 3.99. The Balaban J connectivity index is 2.18. The van der Waals surface area contributed by atoms with E-state index in [4.69, 9.17) is 4.74 Å². The van der Waals surface area contributed by atoms with Gasteiger partial charge in [0, 0.05) is 17.3 Å². The Labute approximate surface area is 140 Å². The molecule has 1 atom stereocenters. The van der Waals surface area contributed by atoms with Crippen LogP contribution in [0.2, 0.25) is 0 Å². The number of rotatable bonds is 6. The van der Waals surface area contributed by atoms with Gasteiger partial charge in [0.1, 0.15) is 0 Å². The van der Waals surface area contributed by atoms with Crippen LogP contribution >= 0.6 is 0 Å². The Bertz CT molecular complexity index is 741. The minimum absolute atomic E-state index is 0.120. The monoisotopic (exact) mass is 328 g/mol. The van der Waals surface area contributed by atoms with Crippen LogP contribution in [0.5, 0.6) is 5.75 Å². The van der Waals surface area contributed by atoms with Crippen molar-refractivity contribution in [3.05, 3.63) is 63.7 Å². The number of nitro groups is 1. The van der Waals surface area contributed by atoms with Gasteiger partial charge in [0.25, 0.3) is 5.91 Å². The van der Waals surface area contributed by atoms with Crippen LogP contribution in [-0.2, 0) is 0 Å². The number of amides is 1. The average molecular weight is 328 g/mol. The van der Waals surface area contributed by atoms with E-state index in [0.717, 1.165) is 6.42 Å². The van der Waals surface area contributed by atoms with Gasteiger partial charge in [-0.15, -0.1) is 0 Å². The van der Waals surface area contributed by atoms with Crippen LogP contribution in [0.3, 0.4) is 0 Å². The average Bonchev–Trinajstić information content (AvgIpc) is 2.60. The van der Waals surface area contributed by atoms with E-state index in [9.17, 15) is 14.9 Å². The van der Waals surface area contributed by atoms with Crippen LogP contribution in [0.1, 0.15) is 42.1 Å². The molecule has 0 aliphatic rings. The van der Waals surface area contributed by atoms with Gasteiger partial charge >= 0.3 is 5.69 Å². The quantitative estimate of drug-likeness (QED) is 0.630. The minimum atomic E-state index is -0.573. The highest BCUT2D eigenvalue weighted by Crippen LogP contribution is 2.28. The lowest BCUT2D eigenvalue weighted by Gasteiger charge is -2.11. The first-order valence-corrected chi connectivity index (χ1v) is 7.70. The molecule has 0 radical (unpaired) electrons. The van der Waals surface area contributed by atoms with Crippen molar-refractivity contribution in [3.63, 3.8) is 0 Å². The maximum absolute atomic E-state index is 12.3. The molecule has 0 aliphatic heterocycles. The molecular weight excluding hydrogens is 308 g/mol. The minimum Gasteiger partial charge on any atom is -0.490 e. The molecule has 2 aromatic carbocycles. The molecule has 0 saturated heterocycles. The summed E-state index contributed by atoms with van der Waals surface area (Å²) in [6.07, 6.45) is 1.04. The van der Waals surface area contributed by atoms with Crippen molar-refractivity contribution in [2.75, 3.05) is 12.4 Å². The molecule has 1 N–H and O–H groups in total. The predicted octanol–water partition coefficient (Wildman–Crippen LogP) is 4.37. The summed E-state index contributed by atoms with van der Waals surface area (Å²) in [5.41, 5.74) is 1.81. The van der Waals surface area contributed by atoms with Crippen molar-refractivity contribution < 1.29 is 14.5 Å². The first kappa shape index (κ1) is 17.5. The second-order valence-corrected chi connectivity index (χ2v) is 5.53. The zero-order valence-electron chi connectivity index (χ0n) is 13.9. The van der Waals surface area contributed by atoms with E-state index in [0.29, 0.717) is 11.6 Å². The lowest BCUT2D eigenvalue weighted by atomic mass is 9.98. The molecule has 126 valence electrons. The molecule has 0 aliphatic carbocycles. The van der Waals surface area contributed by atoms with Gasteiger partial charge in [-0.1, -0.05) is 26.0 Å². The van der Waals surface area contributed by atoms with Crippen LogP contribution in [0.15, 0.2) is 42.5 Å². The highest BCUT2D eigenvalue weighted by Gasteiger charge is 2.18. The maximum Gasteiger partial charge on any atom is 0.311 e. The molecule has 24 heavy (non-hydrogen) atoms. The fourth-order valence-electron chi connectivity index (χ4n) is 2.31. The summed E-state index contributed by atoms with van der Waals surface area (Å²) in [6, 6.07) is 11.7. The van der Waals surface area contributed by atoms with Gasteiger partial charge in [-0.3, -0.25) is 14.9 Å². The number of nitrogens with zero attached hydrogens (tertiary/aromatic N) is 1. The Kier molecular flexibility index (Phi) is 5.52. The summed E-state index contributed by atoms with van der Waals surface area (Å²) in [6.45, 7) is 4.26. The fraction of sp³-hybridized carbons (Fsp3) is 0.278. The molecule has 1 amide bonds. The van der Waals surface area contributed by atoms with Gasteiger partial charge in [-0.05, 0) is 42.2 Å². The van der Waals surface area contributed by atoms with E-state index in [1.807, 2.05) is 24.3 Å². The molecule has 0 saturated carbocycles. The van der Waals surface area contributed by atoms with E-state index >= 15 is 0 Å². The second-order valence-electron chi connectivity index (χ2n) is 5.53. The molecule has 0 heterocycles. The number of carbonyl (C=O) groups excluding carboxylic acids is 1. The van der Waals surface area contributed by atoms with Crippen LogP contribution < -0.4 is 10.1 Å². The summed E-state index contributed by atoms with van der Waals surface area (Å²) in [4.78, 5) is 22.8. The molecule has 1 unspecified atom stereocenters. The molecule has 6 heteroatoms. The predicted molar refractivity (Wildman–Crippen MR) is 92.7 cm³/mol. The van der Waals surface area contributed by atoms with Crippen molar-refractivity contribution in [1.29, 1.82) is 0 Å². The first-order chi connectivity index (χ1) is 11.5. The highest BCUT2D eigenvalue weighted by atomic mass is 16.6. The molecule has 0 aromatic heterocycles. The third-order valence-corrected chi connectivity index (χ3v) is 3.99. The van der Waals surface area contributed by atoms with Crippen molar-refractivity contribution in [1.82, 2.24) is 0 Å². The van der Waals surface area contributed by atoms with Gasteiger partial charge in [0.15, 0.2) is 5.75 Å². The summed E-state index contributed by atoms with van der Waals surface area (Å²) in [5.74, 6) is 0.172. The zero-order chi connectivity index (χ0) is 17.7. The van der Waals surface area contributed by atoms with E-state index in [2.05, 4.69) is 19.2 Å². The van der Waals surface area contributed by atoms with Crippen molar-refractivity contribution in [3.8, 4) is 5.75 Å². The number of ether oxygens (including phenoxy) is 1. The van der Waals surface area contributed by atoms with E-state index in [1.54, 1.807) is 0 Å². The number of hydrogen-bond acceptors (Lipinski definition) is 4. The smallest absolute Gasteiger partial charge is 0.311 e. The van der Waals surface area contributed by atoms with Crippen LogP contribution in [0.4, 0.5) is 11.4 Å². The SMILES string of the molecule is CCC(C)c1ccc(NC(=O)c2ccc(OC)c([N+](=O)[O-])c2)cc1. The number of benzene rings is 2. The van der Waals surface area contributed by atoms with Gasteiger partial charge in [0.05, 0.1) is 12.0 Å². The number of methoxy groups -OCH3 is 1. The number of carbonyl (C=O) groups is 1. The molecular formula is C18H20N2O4. The number of hydrogen-bond donors (Lipinski definition) is 1. The summed E-state index contributed by atoms with van der Waals surface area (Å²) in [5, 5.41) is 13.8. The molecule has 2 rings (SSSR count). The van der Waals surface area contributed by atoms with Crippen molar-refractivity contribution in [2.24, 2.45) is 0 Å². The van der Waals surface area contributed by atoms with Gasteiger partial charge in [-0.2, -0.15) is 0 Å². The second kappa shape index (κ2) is 7.59. The summed E-state index contributed by atoms with van der Waals surface area (Å²) in [7, 11) is 1.35. The van der Waals surface area contributed by atoms with Crippen molar-refractivity contribution >= 4 is 17.3 Å².